The molecule has 3 aliphatic rings. The predicted octanol–water partition coefficient (Wildman–Crippen LogP) is 4.48. The number of hydrogen-bond donors (Lipinski definition) is 1. The Morgan fingerprint density at radius 3 is 2.72 bits per heavy atom. The third kappa shape index (κ3) is 4.42. The van der Waals surface area contributed by atoms with E-state index in [1.807, 2.05) is 12.3 Å². The smallest absolute Gasteiger partial charge is 0.409 e. The Labute approximate surface area is 229 Å². The highest BCUT2D eigenvalue weighted by molar-refractivity contribution is 7.19. The van der Waals surface area contributed by atoms with Crippen LogP contribution in [0, 0.1) is 11.2 Å². The van der Waals surface area contributed by atoms with Crippen LogP contribution in [0.1, 0.15) is 17.7 Å². The van der Waals surface area contributed by atoms with Crippen molar-refractivity contribution >= 4 is 44.4 Å². The molecule has 1 spiro atoms. The molecule has 1 N–H and O–H groups in total. The van der Waals surface area contributed by atoms with Crippen LogP contribution < -0.4 is 4.90 Å². The highest BCUT2D eigenvalue weighted by Crippen LogP contribution is 2.43. The van der Waals surface area contributed by atoms with Crippen molar-refractivity contribution in [2.75, 3.05) is 64.5 Å². The maximum atomic E-state index is 15.2. The molecule has 3 aromatic heterocycles. The van der Waals surface area contributed by atoms with Gasteiger partial charge in [0.1, 0.15) is 5.82 Å². The summed E-state index contributed by atoms with van der Waals surface area (Å²) in [6.07, 6.45) is 3.61. The summed E-state index contributed by atoms with van der Waals surface area (Å²) in [6.45, 7) is 7.20. The third-order valence-electron chi connectivity index (χ3n) is 8.38. The Morgan fingerprint density at radius 2 is 1.95 bits per heavy atom. The Balaban J connectivity index is 1.17. The van der Waals surface area contributed by atoms with Crippen LogP contribution in [-0.4, -0.2) is 90.4 Å². The van der Waals surface area contributed by atoms with E-state index >= 15 is 4.39 Å². The maximum Gasteiger partial charge on any atom is 0.409 e. The molecule has 0 radical (unpaired) electrons. The second-order valence-electron chi connectivity index (χ2n) is 10.9. The van der Waals surface area contributed by atoms with Gasteiger partial charge < -0.3 is 24.3 Å². The molecule has 0 aliphatic carbocycles. The first-order valence-electron chi connectivity index (χ1n) is 13.5. The van der Waals surface area contributed by atoms with Gasteiger partial charge in [-0.2, -0.15) is 0 Å². The van der Waals surface area contributed by atoms with Gasteiger partial charge in [0, 0.05) is 67.8 Å². The summed E-state index contributed by atoms with van der Waals surface area (Å²) in [5, 5.41) is 0.779. The number of morpholine rings is 1. The van der Waals surface area contributed by atoms with Gasteiger partial charge in [-0.25, -0.2) is 19.2 Å². The molecule has 4 aromatic rings. The van der Waals surface area contributed by atoms with Crippen LogP contribution in [0.15, 0.2) is 30.5 Å². The van der Waals surface area contributed by atoms with Crippen molar-refractivity contribution in [2.45, 2.75) is 19.4 Å². The number of hydrogen-bond acceptors (Lipinski definition) is 8. The first-order chi connectivity index (χ1) is 19.0. The average Bonchev–Trinajstić information content (AvgIpc) is 3.58. The lowest BCUT2D eigenvalue weighted by atomic mass is 9.72. The second kappa shape index (κ2) is 9.72. The lowest BCUT2D eigenvalue weighted by molar-refractivity contribution is -0.0477. The molecule has 1 amide bonds. The fourth-order valence-electron chi connectivity index (χ4n) is 6.32. The van der Waals surface area contributed by atoms with E-state index in [0.717, 1.165) is 85.6 Å². The molecule has 204 valence electrons. The monoisotopic (exact) mass is 550 g/mol. The number of aromatic amines is 1. The first-order valence-corrected chi connectivity index (χ1v) is 14.3. The zero-order chi connectivity index (χ0) is 26.6. The van der Waals surface area contributed by atoms with E-state index in [9.17, 15) is 4.79 Å². The van der Waals surface area contributed by atoms with Crippen molar-refractivity contribution in [1.29, 1.82) is 0 Å². The van der Waals surface area contributed by atoms with Gasteiger partial charge in [0.25, 0.3) is 0 Å². The minimum atomic E-state index is -0.325. The molecule has 9 nitrogen and oxygen atoms in total. The zero-order valence-electron chi connectivity index (χ0n) is 21.9. The van der Waals surface area contributed by atoms with E-state index in [0.29, 0.717) is 30.0 Å². The van der Waals surface area contributed by atoms with Gasteiger partial charge in [0.15, 0.2) is 11.6 Å². The van der Waals surface area contributed by atoms with Gasteiger partial charge >= 0.3 is 6.09 Å². The number of amides is 1. The quantitative estimate of drug-likeness (QED) is 0.401. The molecular weight excluding hydrogens is 519 g/mol. The number of H-pyrrole nitrogens is 1. The normalized spacial score (nSPS) is 19.6. The number of halogens is 1. The molecule has 0 unspecified atom stereocenters. The highest BCUT2D eigenvalue weighted by Gasteiger charge is 2.45. The summed E-state index contributed by atoms with van der Waals surface area (Å²) in [5.74, 6) is 0.946. The van der Waals surface area contributed by atoms with Gasteiger partial charge in [0.05, 0.1) is 36.1 Å². The number of benzene rings is 1. The molecule has 3 saturated heterocycles. The summed E-state index contributed by atoms with van der Waals surface area (Å²) >= 11 is 1.73. The molecule has 0 bridgehead atoms. The van der Waals surface area contributed by atoms with Crippen LogP contribution in [0.2, 0.25) is 0 Å². The molecular formula is C28H31FN6O3S. The molecule has 3 fully saturated rings. The van der Waals surface area contributed by atoms with Crippen molar-refractivity contribution in [2.24, 2.45) is 5.41 Å². The van der Waals surface area contributed by atoms with Crippen LogP contribution in [-0.2, 0) is 16.0 Å². The van der Waals surface area contributed by atoms with Crippen LogP contribution in [0.25, 0.3) is 32.5 Å². The summed E-state index contributed by atoms with van der Waals surface area (Å²) in [5.41, 5.74) is 2.44. The van der Waals surface area contributed by atoms with E-state index in [1.54, 1.807) is 22.3 Å². The lowest BCUT2D eigenvalue weighted by Crippen LogP contribution is -2.60. The van der Waals surface area contributed by atoms with Crippen LogP contribution in [0.5, 0.6) is 0 Å². The van der Waals surface area contributed by atoms with Crippen molar-refractivity contribution < 1.29 is 18.7 Å². The number of fused-ring (bicyclic) bond motifs is 2. The maximum absolute atomic E-state index is 15.2. The molecule has 0 saturated carbocycles. The number of ether oxygens (including phenoxy) is 2. The Morgan fingerprint density at radius 1 is 1.15 bits per heavy atom. The topological polar surface area (TPSA) is 86.8 Å². The van der Waals surface area contributed by atoms with Crippen molar-refractivity contribution in [3.63, 3.8) is 0 Å². The second-order valence-corrected chi connectivity index (χ2v) is 12.0. The van der Waals surface area contributed by atoms with Crippen LogP contribution in [0.3, 0.4) is 0 Å². The number of likely N-dealkylation sites (tertiary alicyclic amines) is 2. The Hall–Kier alpha value is -3.28. The van der Waals surface area contributed by atoms with Gasteiger partial charge in [0.2, 0.25) is 0 Å². The first kappa shape index (κ1) is 24.7. The van der Waals surface area contributed by atoms with E-state index in [-0.39, 0.29) is 11.9 Å². The lowest BCUT2D eigenvalue weighted by Gasteiger charge is -2.53. The number of rotatable bonds is 4. The van der Waals surface area contributed by atoms with Gasteiger partial charge in [-0.15, -0.1) is 11.3 Å². The van der Waals surface area contributed by atoms with Crippen LogP contribution in [0.4, 0.5) is 15.0 Å². The number of nitrogens with zero attached hydrogens (tertiary/aromatic N) is 5. The molecule has 7 rings (SSSR count). The number of nitrogens with one attached hydrogen (secondary N) is 1. The number of carbonyl (C=O) groups is 1. The highest BCUT2D eigenvalue weighted by atomic mass is 32.1. The van der Waals surface area contributed by atoms with Gasteiger partial charge in [-0.05, 0) is 42.5 Å². The summed E-state index contributed by atoms with van der Waals surface area (Å²) in [6, 6.07) is 7.25. The standard InChI is InChI=1S/C28H31FN6O3S/c1-37-27(36)35-8-5-28(6-9-35)16-33(17-28)15-18-14-22-24(39-18)26(34-10-12-38-13-11-34)32-25(31-22)23-19-4-7-30-21(19)3-2-20(23)29/h2-4,7,14,30H,5-6,8-13,15-17H2,1H3. The number of carbonyl (C=O) groups excluding carboxylic acids is 1. The van der Waals surface area contributed by atoms with E-state index in [4.69, 9.17) is 19.4 Å². The molecule has 0 atom stereocenters. The molecule has 1 aromatic carbocycles. The van der Waals surface area contributed by atoms with Crippen molar-refractivity contribution in [3.05, 3.63) is 41.2 Å². The number of thiophene rings is 1. The Kier molecular flexibility index (Phi) is 6.17. The largest absolute Gasteiger partial charge is 0.453 e. The molecule has 3 aliphatic heterocycles. The predicted molar refractivity (Wildman–Crippen MR) is 149 cm³/mol. The summed E-state index contributed by atoms with van der Waals surface area (Å²) in [7, 11) is 1.44. The SMILES string of the molecule is COC(=O)N1CCC2(CC1)CN(Cc1cc3nc(-c4c(F)ccc5[nH]ccc45)nc(N4CCOCC4)c3s1)C2. The van der Waals surface area contributed by atoms with Crippen molar-refractivity contribution in [3.8, 4) is 11.4 Å². The molecule has 6 heterocycles. The minimum Gasteiger partial charge on any atom is -0.453 e. The Bertz CT molecular complexity index is 1530. The number of anilines is 1. The fraction of sp³-hybridized carbons (Fsp3) is 0.464. The number of aromatic nitrogens is 3. The van der Waals surface area contributed by atoms with E-state index in [1.165, 1.54) is 18.1 Å². The minimum absolute atomic E-state index is 0.226. The molecule has 39 heavy (non-hydrogen) atoms. The third-order valence-corrected chi connectivity index (χ3v) is 9.48. The number of piperidine rings is 1. The summed E-state index contributed by atoms with van der Waals surface area (Å²) in [4.78, 5) is 32.6. The van der Waals surface area contributed by atoms with Gasteiger partial charge in [-0.1, -0.05) is 0 Å². The van der Waals surface area contributed by atoms with Crippen molar-refractivity contribution in [1.82, 2.24) is 24.8 Å². The van der Waals surface area contributed by atoms with Crippen LogP contribution >= 0.6 is 11.3 Å². The fourth-order valence-corrected chi connectivity index (χ4v) is 7.48. The van der Waals surface area contributed by atoms with E-state index in [2.05, 4.69) is 20.9 Å². The average molecular weight is 551 g/mol. The van der Waals surface area contributed by atoms with Gasteiger partial charge in [-0.3, -0.25) is 4.90 Å². The summed E-state index contributed by atoms with van der Waals surface area (Å²) < 4.78 is 26.7. The zero-order valence-corrected chi connectivity index (χ0v) is 22.7. The number of methoxy groups -OCH3 is 1. The van der Waals surface area contributed by atoms with E-state index < -0.39 is 0 Å². The molecule has 11 heteroatoms.